The van der Waals surface area contributed by atoms with Gasteiger partial charge in [-0.05, 0) is 18.2 Å². The molecule has 3 heterocycles. The Balaban J connectivity index is 1.87. The molecule has 2 aliphatic rings. The van der Waals surface area contributed by atoms with E-state index in [1.54, 1.807) is 25.7 Å². The predicted octanol–water partition coefficient (Wildman–Crippen LogP) is 3.28. The van der Waals surface area contributed by atoms with E-state index in [0.29, 0.717) is 12.4 Å². The molecule has 0 bridgehead atoms. The number of ether oxygens (including phenoxy) is 2. The molecule has 4 rings (SSSR count). The van der Waals surface area contributed by atoms with Crippen LogP contribution in [-0.2, 0) is 4.74 Å². The first-order valence-corrected chi connectivity index (χ1v) is 8.96. The highest BCUT2D eigenvalue weighted by atomic mass is 16.5. The second-order valence-corrected chi connectivity index (χ2v) is 6.26. The van der Waals surface area contributed by atoms with E-state index in [9.17, 15) is 0 Å². The molecule has 0 N–H and O–H groups in total. The lowest BCUT2D eigenvalue weighted by atomic mass is 10.0. The number of aromatic nitrogens is 1. The van der Waals surface area contributed by atoms with Crippen molar-refractivity contribution in [3.05, 3.63) is 65.6 Å². The summed E-state index contributed by atoms with van der Waals surface area (Å²) in [6, 6.07) is 13.8. The number of dihydropyridines is 1. The van der Waals surface area contributed by atoms with Gasteiger partial charge in [0.2, 0.25) is 5.90 Å². The quantitative estimate of drug-likeness (QED) is 0.821. The van der Waals surface area contributed by atoms with Crippen LogP contribution in [-0.4, -0.2) is 37.4 Å². The first-order valence-electron chi connectivity index (χ1n) is 8.96. The van der Waals surface area contributed by atoms with Crippen molar-refractivity contribution in [2.24, 2.45) is 9.98 Å². The summed E-state index contributed by atoms with van der Waals surface area (Å²) < 4.78 is 11.1. The maximum absolute atomic E-state index is 8.95. The summed E-state index contributed by atoms with van der Waals surface area (Å²) in [4.78, 5) is 15.6. The van der Waals surface area contributed by atoms with Crippen molar-refractivity contribution in [3.63, 3.8) is 0 Å². The molecule has 1 aromatic carbocycles. The number of pyridine rings is 1. The fraction of sp³-hybridized carbons (Fsp3) is 0.238. The molecule has 1 unspecified atom stereocenters. The molecule has 0 fully saturated rings. The van der Waals surface area contributed by atoms with Gasteiger partial charge in [0, 0.05) is 54.6 Å². The van der Waals surface area contributed by atoms with Gasteiger partial charge in [0.15, 0.2) is 12.8 Å². The molecular formula is C21H19N5O2. The van der Waals surface area contributed by atoms with E-state index in [1.807, 2.05) is 42.5 Å². The van der Waals surface area contributed by atoms with Crippen LogP contribution in [0.1, 0.15) is 18.2 Å². The van der Waals surface area contributed by atoms with Crippen LogP contribution in [0.15, 0.2) is 70.0 Å². The third-order valence-corrected chi connectivity index (χ3v) is 4.60. The molecule has 0 aliphatic carbocycles. The summed E-state index contributed by atoms with van der Waals surface area (Å²) >= 11 is 0. The van der Waals surface area contributed by atoms with Gasteiger partial charge in [-0.15, -0.1) is 0 Å². The van der Waals surface area contributed by atoms with Crippen LogP contribution < -0.4 is 9.64 Å². The van der Waals surface area contributed by atoms with Crippen molar-refractivity contribution in [1.29, 1.82) is 5.26 Å². The van der Waals surface area contributed by atoms with E-state index in [0.717, 1.165) is 34.7 Å². The lowest BCUT2D eigenvalue weighted by Crippen LogP contribution is -2.36. The largest absolute Gasteiger partial charge is 0.497 e. The minimum Gasteiger partial charge on any atom is -0.497 e. The highest BCUT2D eigenvalue weighted by Crippen LogP contribution is 2.39. The number of nitriles is 1. The zero-order chi connectivity index (χ0) is 19.3. The Hall–Kier alpha value is -3.66. The maximum Gasteiger partial charge on any atom is 0.222 e. The summed E-state index contributed by atoms with van der Waals surface area (Å²) in [5.41, 5.74) is 3.75. The number of rotatable bonds is 4. The zero-order valence-electron chi connectivity index (χ0n) is 15.4. The van der Waals surface area contributed by atoms with E-state index >= 15 is 0 Å². The van der Waals surface area contributed by atoms with Crippen LogP contribution in [0.5, 0.6) is 5.75 Å². The van der Waals surface area contributed by atoms with Gasteiger partial charge in [0.25, 0.3) is 0 Å². The molecule has 2 aromatic rings. The normalized spacial score (nSPS) is 18.2. The molecular weight excluding hydrogens is 354 g/mol. The van der Waals surface area contributed by atoms with Crippen molar-refractivity contribution in [2.75, 3.05) is 25.2 Å². The molecule has 0 spiro atoms. The molecule has 2 aliphatic heterocycles. The number of hydrogen-bond donors (Lipinski definition) is 0. The monoisotopic (exact) mass is 373 g/mol. The summed E-state index contributed by atoms with van der Waals surface area (Å²) in [5.74, 6) is 1.21. The fourth-order valence-corrected chi connectivity index (χ4v) is 3.38. The molecule has 0 amide bonds. The molecule has 28 heavy (non-hydrogen) atoms. The third kappa shape index (κ3) is 3.32. The minimum absolute atomic E-state index is 0.0671. The van der Waals surface area contributed by atoms with Crippen molar-refractivity contribution in [1.82, 2.24) is 4.98 Å². The average Bonchev–Trinajstić information content (AvgIpc) is 2.77. The molecule has 140 valence electrons. The highest BCUT2D eigenvalue weighted by Gasteiger charge is 2.34. The van der Waals surface area contributed by atoms with E-state index in [4.69, 9.17) is 19.7 Å². The van der Waals surface area contributed by atoms with Crippen LogP contribution in [0.4, 0.5) is 5.69 Å². The Labute approximate surface area is 163 Å². The lowest BCUT2D eigenvalue weighted by Gasteiger charge is -2.38. The molecule has 7 heteroatoms. The molecule has 7 nitrogen and oxygen atoms in total. The smallest absolute Gasteiger partial charge is 0.222 e. The fourth-order valence-electron chi connectivity index (χ4n) is 3.38. The summed E-state index contributed by atoms with van der Waals surface area (Å²) in [6.45, 7) is 0.618. The van der Waals surface area contributed by atoms with Gasteiger partial charge < -0.3 is 14.4 Å². The van der Waals surface area contributed by atoms with Gasteiger partial charge in [-0.1, -0.05) is 12.1 Å². The van der Waals surface area contributed by atoms with Crippen LogP contribution in [0, 0.1) is 11.3 Å². The summed E-state index contributed by atoms with van der Waals surface area (Å²) in [7, 11) is 1.65. The van der Waals surface area contributed by atoms with E-state index in [-0.39, 0.29) is 12.8 Å². The van der Waals surface area contributed by atoms with E-state index < -0.39 is 0 Å². The molecule has 0 saturated heterocycles. The number of methoxy groups -OCH3 is 1. The van der Waals surface area contributed by atoms with Gasteiger partial charge in [-0.25, -0.2) is 4.99 Å². The standard InChI is InChI=1S/C21H19N5O2/c1-27-17-6-2-5-16(12-17)26-19-7-10-24-14-18(19)21(28-11-8-22)25-20(26)15-4-3-9-23-13-15/h2-6,9,12-14,20H,7,10-11H2,1H3. The molecule has 1 atom stereocenters. The van der Waals surface area contributed by atoms with Gasteiger partial charge >= 0.3 is 0 Å². The maximum atomic E-state index is 8.95. The number of anilines is 1. The van der Waals surface area contributed by atoms with Crippen LogP contribution in [0.25, 0.3) is 0 Å². The second kappa shape index (κ2) is 7.92. The first kappa shape index (κ1) is 17.7. The van der Waals surface area contributed by atoms with Crippen molar-refractivity contribution in [2.45, 2.75) is 12.6 Å². The van der Waals surface area contributed by atoms with E-state index in [2.05, 4.69) is 14.9 Å². The summed E-state index contributed by atoms with van der Waals surface area (Å²) in [6.07, 6.45) is 5.69. The Morgan fingerprint density at radius 3 is 3.00 bits per heavy atom. The van der Waals surface area contributed by atoms with Gasteiger partial charge in [-0.2, -0.15) is 5.26 Å². The molecule has 0 radical (unpaired) electrons. The predicted molar refractivity (Wildman–Crippen MR) is 106 cm³/mol. The molecule has 0 saturated carbocycles. The number of hydrogen-bond acceptors (Lipinski definition) is 7. The van der Waals surface area contributed by atoms with Gasteiger partial charge in [-0.3, -0.25) is 9.98 Å². The lowest BCUT2D eigenvalue weighted by molar-refractivity contribution is 0.349. The number of aliphatic imine (C=N–C) groups is 2. The Kier molecular flexibility index (Phi) is 5.02. The van der Waals surface area contributed by atoms with Crippen LogP contribution >= 0.6 is 0 Å². The number of benzene rings is 1. The van der Waals surface area contributed by atoms with Crippen LogP contribution in [0.2, 0.25) is 0 Å². The SMILES string of the molecule is COc1cccc(N2C3=C(C=NCC3)C(OCC#N)=NC2c2cccnc2)c1. The Morgan fingerprint density at radius 1 is 1.29 bits per heavy atom. The van der Waals surface area contributed by atoms with Gasteiger partial charge in [0.1, 0.15) is 11.8 Å². The highest BCUT2D eigenvalue weighted by molar-refractivity contribution is 6.14. The zero-order valence-corrected chi connectivity index (χ0v) is 15.4. The third-order valence-electron chi connectivity index (χ3n) is 4.60. The Bertz CT molecular complexity index is 991. The van der Waals surface area contributed by atoms with Crippen LogP contribution in [0.3, 0.4) is 0 Å². The van der Waals surface area contributed by atoms with E-state index in [1.165, 1.54) is 0 Å². The number of nitrogens with zero attached hydrogens (tertiary/aromatic N) is 5. The Morgan fingerprint density at radius 2 is 2.21 bits per heavy atom. The van der Waals surface area contributed by atoms with Gasteiger partial charge in [0.05, 0.1) is 12.7 Å². The van der Waals surface area contributed by atoms with Crippen molar-refractivity contribution < 1.29 is 9.47 Å². The topological polar surface area (TPSA) is 83.1 Å². The molecule has 1 aromatic heterocycles. The second-order valence-electron chi connectivity index (χ2n) is 6.26. The van der Waals surface area contributed by atoms with Crippen molar-refractivity contribution in [3.8, 4) is 11.8 Å². The average molecular weight is 373 g/mol. The van der Waals surface area contributed by atoms with Crippen molar-refractivity contribution >= 4 is 17.8 Å². The minimum atomic E-state index is -0.361. The summed E-state index contributed by atoms with van der Waals surface area (Å²) in [5, 5.41) is 8.95. The first-order chi connectivity index (χ1) is 13.8.